The Morgan fingerprint density at radius 3 is 2.94 bits per heavy atom. The first-order valence-corrected chi connectivity index (χ1v) is 6.00. The van der Waals surface area contributed by atoms with Crippen molar-refractivity contribution in [3.63, 3.8) is 0 Å². The van der Waals surface area contributed by atoms with Crippen molar-refractivity contribution in [2.75, 3.05) is 0 Å². The van der Waals surface area contributed by atoms with Crippen molar-refractivity contribution in [1.29, 1.82) is 0 Å². The average molecular weight is 245 g/mol. The van der Waals surface area contributed by atoms with Crippen molar-refractivity contribution >= 4 is 0 Å². The predicted octanol–water partition coefficient (Wildman–Crippen LogP) is 3.28. The normalized spacial score (nSPS) is 25.8. The lowest BCUT2D eigenvalue weighted by molar-refractivity contribution is -0.660. The molecule has 1 heteroatoms. The Balaban J connectivity index is 2.29. The van der Waals surface area contributed by atoms with Crippen LogP contribution in [0.25, 0.3) is 11.3 Å². The summed E-state index contributed by atoms with van der Waals surface area (Å²) >= 11 is 0. The number of aryl methyl sites for hydroxylation is 4. The number of fused-ring (bicyclic) bond motifs is 1. The van der Waals surface area contributed by atoms with Crippen molar-refractivity contribution in [1.82, 2.24) is 0 Å². The molecule has 0 radical (unpaired) electrons. The van der Waals surface area contributed by atoms with E-state index in [9.17, 15) is 0 Å². The summed E-state index contributed by atoms with van der Waals surface area (Å²) in [5.74, 6) is 0. The minimum Gasteiger partial charge on any atom is -0.201 e. The van der Waals surface area contributed by atoms with E-state index >= 15 is 0 Å². The van der Waals surface area contributed by atoms with Gasteiger partial charge >= 0.3 is 0 Å². The Morgan fingerprint density at radius 2 is 2.17 bits per heavy atom. The summed E-state index contributed by atoms with van der Waals surface area (Å²) in [6, 6.07) is 6.46. The van der Waals surface area contributed by atoms with Crippen molar-refractivity contribution in [2.24, 2.45) is 7.05 Å². The third kappa shape index (κ3) is 1.74. The Kier molecular flexibility index (Phi) is 1.41. The lowest BCUT2D eigenvalue weighted by Crippen LogP contribution is -2.32. The van der Waals surface area contributed by atoms with E-state index in [2.05, 4.69) is 0 Å². The van der Waals surface area contributed by atoms with Gasteiger partial charge in [0.15, 0.2) is 6.20 Å². The van der Waals surface area contributed by atoms with Gasteiger partial charge in [-0.2, -0.15) is 0 Å². The maximum absolute atomic E-state index is 8.35. The molecule has 0 saturated heterocycles. The highest BCUT2D eigenvalue weighted by molar-refractivity contribution is 5.66. The third-order valence-electron chi connectivity index (χ3n) is 3.35. The molecule has 92 valence electrons. The summed E-state index contributed by atoms with van der Waals surface area (Å²) in [5.41, 5.74) is 2.99. The Labute approximate surface area is 119 Å². The number of nitrogens with zero attached hydrogens (tertiary/aromatic N) is 1. The molecule has 0 spiro atoms. The van der Waals surface area contributed by atoms with Crippen LogP contribution in [0.3, 0.4) is 0 Å². The zero-order valence-corrected chi connectivity index (χ0v) is 10.5. The van der Waals surface area contributed by atoms with Crippen LogP contribution in [-0.2, 0) is 19.8 Å². The molecular weight excluding hydrogens is 218 g/mol. The molecule has 2 aromatic rings. The standard InChI is InChI=1S/C17H20N/c1-12-7-8-15(13(2)11-12)17-16-6-4-5-14(16)9-10-18(17)3/h7-11H,4-6H2,1-3H3/q+1/i1D3,5D2,6D2. The first kappa shape index (κ1) is 6.01. The van der Waals surface area contributed by atoms with Gasteiger partial charge in [0.25, 0.3) is 0 Å². The molecule has 1 heterocycles. The predicted molar refractivity (Wildman–Crippen MR) is 74.6 cm³/mol. The van der Waals surface area contributed by atoms with E-state index < -0.39 is 19.6 Å². The SMILES string of the molecule is [2H]C([2H])([2H])c1ccc(-c2c3c(cc[n+]2C)C([2H])([2H])CC3([2H])[2H])c(C)c1. The molecular formula is C17H20N+. The van der Waals surface area contributed by atoms with E-state index in [0.717, 1.165) is 5.56 Å². The van der Waals surface area contributed by atoms with Crippen molar-refractivity contribution in [3.8, 4) is 11.3 Å². The highest BCUT2D eigenvalue weighted by atomic mass is 14.9. The second-order valence-electron chi connectivity index (χ2n) is 4.62. The Bertz CT molecular complexity index is 853. The molecule has 0 N–H and O–H groups in total. The van der Waals surface area contributed by atoms with Crippen LogP contribution in [-0.4, -0.2) is 0 Å². The Morgan fingerprint density at radius 1 is 1.28 bits per heavy atom. The lowest BCUT2D eigenvalue weighted by atomic mass is 9.97. The summed E-state index contributed by atoms with van der Waals surface area (Å²) in [7, 11) is 1.79. The van der Waals surface area contributed by atoms with Crippen LogP contribution in [0.5, 0.6) is 0 Å². The van der Waals surface area contributed by atoms with Crippen LogP contribution in [0, 0.1) is 13.8 Å². The van der Waals surface area contributed by atoms with Gasteiger partial charge in [0.1, 0.15) is 7.05 Å². The quantitative estimate of drug-likeness (QED) is 0.679. The van der Waals surface area contributed by atoms with Crippen molar-refractivity contribution in [3.05, 3.63) is 52.7 Å². The van der Waals surface area contributed by atoms with Crippen LogP contribution in [0.1, 0.15) is 38.3 Å². The van der Waals surface area contributed by atoms with Crippen molar-refractivity contribution < 1.29 is 14.2 Å². The van der Waals surface area contributed by atoms with Gasteiger partial charge in [-0.3, -0.25) is 0 Å². The first-order chi connectivity index (χ1) is 11.3. The zero-order chi connectivity index (χ0) is 18.8. The second kappa shape index (κ2) is 4.24. The fourth-order valence-electron chi connectivity index (χ4n) is 2.46. The van der Waals surface area contributed by atoms with E-state index in [1.54, 1.807) is 42.9 Å². The second-order valence-corrected chi connectivity index (χ2v) is 4.62. The van der Waals surface area contributed by atoms with Crippen LogP contribution in [0.15, 0.2) is 30.5 Å². The summed E-state index contributed by atoms with van der Waals surface area (Å²) in [6.07, 6.45) is -2.01. The van der Waals surface area contributed by atoms with Crippen LogP contribution >= 0.6 is 0 Å². The Hall–Kier alpha value is -1.63. The van der Waals surface area contributed by atoms with Gasteiger partial charge in [0, 0.05) is 26.8 Å². The van der Waals surface area contributed by atoms with E-state index in [4.69, 9.17) is 9.60 Å². The lowest BCUT2D eigenvalue weighted by Gasteiger charge is -2.09. The molecule has 3 rings (SSSR count). The molecule has 1 aliphatic carbocycles. The van der Waals surface area contributed by atoms with Crippen molar-refractivity contribution in [2.45, 2.75) is 32.9 Å². The van der Waals surface area contributed by atoms with Crippen LogP contribution in [0.4, 0.5) is 0 Å². The van der Waals surface area contributed by atoms with E-state index in [0.29, 0.717) is 22.4 Å². The molecule has 0 aliphatic heterocycles. The topological polar surface area (TPSA) is 3.88 Å². The highest BCUT2D eigenvalue weighted by Gasteiger charge is 2.24. The maximum atomic E-state index is 8.35. The fourth-order valence-corrected chi connectivity index (χ4v) is 2.46. The minimum atomic E-state index is -2.20. The monoisotopic (exact) mass is 245 g/mol. The summed E-state index contributed by atoms with van der Waals surface area (Å²) < 4.78 is 57.4. The van der Waals surface area contributed by atoms with Crippen LogP contribution < -0.4 is 4.57 Å². The number of hydrogen-bond donors (Lipinski definition) is 0. The highest BCUT2D eigenvalue weighted by Crippen LogP contribution is 2.31. The number of benzene rings is 1. The molecule has 0 atom stereocenters. The summed E-state index contributed by atoms with van der Waals surface area (Å²) in [4.78, 5) is 0. The summed E-state index contributed by atoms with van der Waals surface area (Å²) in [5, 5.41) is 0. The molecule has 18 heavy (non-hydrogen) atoms. The molecule has 0 saturated carbocycles. The van der Waals surface area contributed by atoms with Gasteiger partial charge in [-0.25, -0.2) is 4.57 Å². The molecule has 1 aromatic carbocycles. The van der Waals surface area contributed by atoms with Crippen LogP contribution in [0.2, 0.25) is 0 Å². The third-order valence-corrected chi connectivity index (χ3v) is 3.35. The van der Waals surface area contributed by atoms with Gasteiger partial charge < -0.3 is 0 Å². The molecule has 0 amide bonds. The van der Waals surface area contributed by atoms with Gasteiger partial charge in [0.2, 0.25) is 5.69 Å². The van der Waals surface area contributed by atoms with E-state index in [-0.39, 0.29) is 12.0 Å². The molecule has 0 unspecified atom stereocenters. The summed E-state index contributed by atoms with van der Waals surface area (Å²) in [6.45, 7) is -0.403. The van der Waals surface area contributed by atoms with Gasteiger partial charge in [-0.15, -0.1) is 0 Å². The van der Waals surface area contributed by atoms with Gasteiger partial charge in [-0.05, 0) is 50.1 Å². The molecule has 1 nitrogen and oxygen atoms in total. The number of hydrogen-bond acceptors (Lipinski definition) is 0. The smallest absolute Gasteiger partial charge is 0.201 e. The van der Waals surface area contributed by atoms with Gasteiger partial charge in [0.05, 0.1) is 0 Å². The van der Waals surface area contributed by atoms with Gasteiger partial charge in [-0.1, -0.05) is 17.7 Å². The molecule has 0 fully saturated rings. The number of rotatable bonds is 1. The number of aromatic nitrogens is 1. The zero-order valence-electron chi connectivity index (χ0n) is 17.5. The number of pyridine rings is 1. The molecule has 1 aromatic heterocycles. The maximum Gasteiger partial charge on any atom is 0.216 e. The first-order valence-electron chi connectivity index (χ1n) is 9.50. The fraction of sp³-hybridized carbons (Fsp3) is 0.353. The molecule has 0 bridgehead atoms. The minimum absolute atomic E-state index is 0.223. The molecule has 1 aliphatic rings. The van der Waals surface area contributed by atoms with E-state index in [1.165, 1.54) is 6.07 Å². The largest absolute Gasteiger partial charge is 0.216 e. The average Bonchev–Trinajstić information content (AvgIpc) is 2.63. The van der Waals surface area contributed by atoms with E-state index in [1.807, 2.05) is 0 Å².